The van der Waals surface area contributed by atoms with Gasteiger partial charge in [-0.25, -0.2) is 8.78 Å². The second-order valence-electron chi connectivity index (χ2n) is 4.74. The Labute approximate surface area is 125 Å². The van der Waals surface area contributed by atoms with Crippen LogP contribution in [0.5, 0.6) is 0 Å². The van der Waals surface area contributed by atoms with E-state index < -0.39 is 35.5 Å². The molecule has 1 fully saturated rings. The summed E-state index contributed by atoms with van der Waals surface area (Å²) >= 11 is 0. The maximum Gasteiger partial charge on any atom is 0.308 e. The molecule has 0 radical (unpaired) electrons. The highest BCUT2D eigenvalue weighted by Gasteiger charge is 2.35. The van der Waals surface area contributed by atoms with Crippen molar-refractivity contribution in [1.82, 2.24) is 10.2 Å². The molecule has 1 unspecified atom stereocenters. The van der Waals surface area contributed by atoms with Gasteiger partial charge in [0, 0.05) is 24.7 Å². The van der Waals surface area contributed by atoms with E-state index in [4.69, 9.17) is 0 Å². The van der Waals surface area contributed by atoms with Crippen molar-refractivity contribution < 1.29 is 27.9 Å². The van der Waals surface area contributed by atoms with Crippen molar-refractivity contribution in [2.45, 2.75) is 12.5 Å². The third-order valence-corrected chi connectivity index (χ3v) is 3.29. The number of carbonyl (C=O) groups is 3. The minimum absolute atomic E-state index is 0.129. The lowest BCUT2D eigenvalue weighted by molar-refractivity contribution is -0.145. The van der Waals surface area contributed by atoms with Gasteiger partial charge in [-0.1, -0.05) is 0 Å². The highest BCUT2D eigenvalue weighted by molar-refractivity contribution is 5.99. The van der Waals surface area contributed by atoms with E-state index in [9.17, 15) is 23.2 Å². The molecule has 1 heterocycles. The van der Waals surface area contributed by atoms with Gasteiger partial charge in [-0.2, -0.15) is 0 Å². The van der Waals surface area contributed by atoms with Gasteiger partial charge in [-0.3, -0.25) is 14.4 Å². The topological polar surface area (TPSA) is 75.7 Å². The number of amides is 2. The van der Waals surface area contributed by atoms with E-state index in [2.05, 4.69) is 10.1 Å². The molecule has 22 heavy (non-hydrogen) atoms. The minimum Gasteiger partial charge on any atom is -0.469 e. The zero-order valence-electron chi connectivity index (χ0n) is 11.8. The lowest BCUT2D eigenvalue weighted by Crippen LogP contribution is -2.57. The van der Waals surface area contributed by atoms with Crippen LogP contribution in [0, 0.1) is 11.6 Å². The highest BCUT2D eigenvalue weighted by Crippen LogP contribution is 2.16. The molecule has 0 aliphatic carbocycles. The lowest BCUT2D eigenvalue weighted by Gasteiger charge is -2.34. The number of rotatable bonds is 3. The first-order chi connectivity index (χ1) is 10.4. The summed E-state index contributed by atoms with van der Waals surface area (Å²) in [5, 5.41) is 2.53. The van der Waals surface area contributed by atoms with Gasteiger partial charge in [0.1, 0.15) is 17.7 Å². The first-order valence-corrected chi connectivity index (χ1v) is 6.54. The molecule has 8 heteroatoms. The maximum atomic E-state index is 13.2. The van der Waals surface area contributed by atoms with E-state index in [0.29, 0.717) is 6.07 Å². The highest BCUT2D eigenvalue weighted by atomic mass is 19.1. The molecule has 0 bridgehead atoms. The number of benzene rings is 1. The first-order valence-electron chi connectivity index (χ1n) is 6.54. The van der Waals surface area contributed by atoms with E-state index in [0.717, 1.165) is 24.1 Å². The number of halogens is 2. The molecule has 0 spiro atoms. The molecule has 0 aromatic heterocycles. The van der Waals surface area contributed by atoms with Crippen molar-refractivity contribution in [2.75, 3.05) is 20.2 Å². The van der Waals surface area contributed by atoms with Crippen molar-refractivity contribution >= 4 is 17.8 Å². The Bertz CT molecular complexity index is 601. The third-order valence-electron chi connectivity index (χ3n) is 3.29. The average molecular weight is 312 g/mol. The largest absolute Gasteiger partial charge is 0.469 e. The van der Waals surface area contributed by atoms with Crippen LogP contribution in [0.15, 0.2) is 18.2 Å². The number of nitrogens with one attached hydrogen (secondary N) is 1. The molecule has 1 aliphatic heterocycles. The Morgan fingerprint density at radius 2 is 1.95 bits per heavy atom. The molecular formula is C14H14F2N2O4. The molecule has 2 amide bonds. The van der Waals surface area contributed by atoms with Gasteiger partial charge in [0.25, 0.3) is 5.91 Å². The number of carbonyl (C=O) groups excluding carboxylic acids is 3. The maximum absolute atomic E-state index is 13.2. The Hall–Kier alpha value is -2.51. The molecule has 6 nitrogen and oxygen atoms in total. The van der Waals surface area contributed by atoms with Crippen LogP contribution in [0.1, 0.15) is 16.8 Å². The first kappa shape index (κ1) is 15.9. The fourth-order valence-corrected chi connectivity index (χ4v) is 2.25. The van der Waals surface area contributed by atoms with Crippen LogP contribution in [0.4, 0.5) is 8.78 Å². The van der Waals surface area contributed by atoms with Gasteiger partial charge in [-0.15, -0.1) is 0 Å². The summed E-state index contributed by atoms with van der Waals surface area (Å²) in [7, 11) is 1.16. The number of hydrogen-bond donors (Lipinski definition) is 1. The van der Waals surface area contributed by atoms with E-state index in [1.807, 2.05) is 0 Å². The van der Waals surface area contributed by atoms with Gasteiger partial charge in [0.05, 0.1) is 13.5 Å². The molecule has 118 valence electrons. The van der Waals surface area contributed by atoms with E-state index in [1.54, 1.807) is 0 Å². The summed E-state index contributed by atoms with van der Waals surface area (Å²) in [5.74, 6) is -3.68. The van der Waals surface area contributed by atoms with Gasteiger partial charge in [0.2, 0.25) is 5.91 Å². The lowest BCUT2D eigenvalue weighted by atomic mass is 10.1. The summed E-state index contributed by atoms with van der Waals surface area (Å²) in [4.78, 5) is 36.7. The fourth-order valence-electron chi connectivity index (χ4n) is 2.25. The predicted molar refractivity (Wildman–Crippen MR) is 70.8 cm³/mol. The number of hydrogen-bond acceptors (Lipinski definition) is 4. The Balaban J connectivity index is 2.28. The second-order valence-corrected chi connectivity index (χ2v) is 4.74. The number of piperazine rings is 1. The average Bonchev–Trinajstić information content (AvgIpc) is 2.47. The van der Waals surface area contributed by atoms with Crippen molar-refractivity contribution in [3.63, 3.8) is 0 Å². The van der Waals surface area contributed by atoms with Crippen LogP contribution in [0.25, 0.3) is 0 Å². The van der Waals surface area contributed by atoms with Crippen LogP contribution in [-0.4, -0.2) is 48.9 Å². The van der Waals surface area contributed by atoms with Crippen LogP contribution >= 0.6 is 0 Å². The number of esters is 1. The van der Waals surface area contributed by atoms with Gasteiger partial charge in [-0.05, 0) is 12.1 Å². The fraction of sp³-hybridized carbons (Fsp3) is 0.357. The van der Waals surface area contributed by atoms with E-state index in [1.165, 1.54) is 0 Å². The molecule has 1 atom stereocenters. The standard InChI is InChI=1S/C14H14F2N2O4/c1-22-12(19)7-11-13(20)17-2-3-18(11)14(21)8-4-9(15)6-10(16)5-8/h4-6,11H,2-3,7H2,1H3,(H,17,20). The summed E-state index contributed by atoms with van der Waals surface area (Å²) in [5.41, 5.74) is -0.220. The zero-order valence-corrected chi connectivity index (χ0v) is 11.8. The molecule has 1 aromatic rings. The van der Waals surface area contributed by atoms with Crippen molar-refractivity contribution in [3.8, 4) is 0 Å². The monoisotopic (exact) mass is 312 g/mol. The van der Waals surface area contributed by atoms with Gasteiger partial charge in [0.15, 0.2) is 0 Å². The zero-order chi connectivity index (χ0) is 16.3. The molecule has 1 aliphatic rings. The normalized spacial score (nSPS) is 17.9. The number of nitrogens with zero attached hydrogens (tertiary/aromatic N) is 1. The van der Waals surface area contributed by atoms with Crippen LogP contribution < -0.4 is 5.32 Å². The predicted octanol–water partition coefficient (Wildman–Crippen LogP) is 0.469. The molecule has 0 saturated carbocycles. The van der Waals surface area contributed by atoms with Gasteiger partial charge >= 0.3 is 5.97 Å². The smallest absolute Gasteiger partial charge is 0.308 e. The SMILES string of the molecule is COC(=O)CC1C(=O)NCCN1C(=O)c1cc(F)cc(F)c1. The van der Waals surface area contributed by atoms with Crippen LogP contribution in [-0.2, 0) is 14.3 Å². The van der Waals surface area contributed by atoms with Crippen molar-refractivity contribution in [3.05, 3.63) is 35.4 Å². The summed E-state index contributed by atoms with van der Waals surface area (Å²) < 4.78 is 31.0. The van der Waals surface area contributed by atoms with Gasteiger partial charge < -0.3 is 15.0 Å². The molecule has 1 aromatic carbocycles. The number of methoxy groups -OCH3 is 1. The van der Waals surface area contributed by atoms with E-state index in [-0.39, 0.29) is 25.1 Å². The van der Waals surface area contributed by atoms with E-state index >= 15 is 0 Å². The van der Waals surface area contributed by atoms with Crippen molar-refractivity contribution in [1.29, 1.82) is 0 Å². The Kier molecular flexibility index (Phi) is 4.69. The Morgan fingerprint density at radius 3 is 2.55 bits per heavy atom. The molecular weight excluding hydrogens is 298 g/mol. The number of ether oxygens (including phenoxy) is 1. The molecule has 1 saturated heterocycles. The molecule has 2 rings (SSSR count). The Morgan fingerprint density at radius 1 is 1.32 bits per heavy atom. The second kappa shape index (κ2) is 6.50. The third kappa shape index (κ3) is 3.38. The minimum atomic E-state index is -1.07. The quantitative estimate of drug-likeness (QED) is 0.823. The van der Waals surface area contributed by atoms with Crippen molar-refractivity contribution in [2.24, 2.45) is 0 Å². The summed E-state index contributed by atoms with van der Waals surface area (Å²) in [6.07, 6.45) is -0.328. The molecule has 1 N–H and O–H groups in total. The van der Waals surface area contributed by atoms with Crippen LogP contribution in [0.3, 0.4) is 0 Å². The summed E-state index contributed by atoms with van der Waals surface area (Å²) in [6, 6.07) is 1.34. The summed E-state index contributed by atoms with van der Waals surface area (Å²) in [6.45, 7) is 0.324. The van der Waals surface area contributed by atoms with Crippen LogP contribution in [0.2, 0.25) is 0 Å².